The monoisotopic (exact) mass is 649 g/mol. The van der Waals surface area contributed by atoms with Gasteiger partial charge in [0.1, 0.15) is 19.6 Å². The summed E-state index contributed by atoms with van der Waals surface area (Å²) in [5, 5.41) is 0. The molecule has 0 aromatic heterocycles. The van der Waals surface area contributed by atoms with Gasteiger partial charge >= 0.3 is 11.9 Å². The first-order valence-electron chi connectivity index (χ1n) is 19.0. The van der Waals surface area contributed by atoms with E-state index < -0.39 is 11.9 Å². The quantitative estimate of drug-likeness (QED) is 0.120. The Balaban J connectivity index is 1.16. The van der Waals surface area contributed by atoms with Crippen LogP contribution in [0.15, 0.2) is 46.6 Å². The fourth-order valence-electron chi connectivity index (χ4n) is 11.1. The molecule has 0 aromatic rings. The maximum atomic E-state index is 12.4. The summed E-state index contributed by atoms with van der Waals surface area (Å²) in [6.07, 6.45) is 23.3. The predicted octanol–water partition coefficient (Wildman–Crippen LogP) is 11.5. The fourth-order valence-corrected chi connectivity index (χ4v) is 11.1. The summed E-state index contributed by atoms with van der Waals surface area (Å²) in [5.41, 5.74) is 7.12. The summed E-state index contributed by atoms with van der Waals surface area (Å²) in [7, 11) is 0. The first kappa shape index (κ1) is 37.7. The van der Waals surface area contributed by atoms with Crippen LogP contribution in [-0.2, 0) is 19.1 Å². The van der Waals surface area contributed by atoms with Gasteiger partial charge in [-0.1, -0.05) is 88.8 Å². The second-order valence-corrected chi connectivity index (χ2v) is 18.0. The van der Waals surface area contributed by atoms with Crippen molar-refractivity contribution in [3.8, 4) is 0 Å². The van der Waals surface area contributed by atoms with Crippen LogP contribution in [0.2, 0.25) is 0 Å². The number of allylic oxidation sites excluding steroid dienone is 6. The van der Waals surface area contributed by atoms with E-state index in [-0.39, 0.29) is 19.6 Å². The normalized spacial score (nSPS) is 33.6. The number of carbonyl (C=O) groups is 2. The maximum absolute atomic E-state index is 12.4. The number of hydrogen-bond acceptors (Lipinski definition) is 4. The number of ether oxygens (including phenoxy) is 2. The summed E-state index contributed by atoms with van der Waals surface area (Å²) in [6, 6.07) is 0. The van der Waals surface area contributed by atoms with Gasteiger partial charge in [0.25, 0.3) is 0 Å². The molecule has 0 bridgehead atoms. The molecule has 47 heavy (non-hydrogen) atoms. The van der Waals surface area contributed by atoms with Crippen molar-refractivity contribution in [1.82, 2.24) is 0 Å². The van der Waals surface area contributed by atoms with Crippen molar-refractivity contribution < 1.29 is 19.1 Å². The average molecular weight is 649 g/mol. The number of hydrogen-bond donors (Lipinski definition) is 0. The molecule has 2 fully saturated rings. The zero-order chi connectivity index (χ0) is 34.6. The zero-order valence-electron chi connectivity index (χ0n) is 31.9. The molecule has 2 saturated carbocycles. The van der Waals surface area contributed by atoms with Gasteiger partial charge in [0.15, 0.2) is 0 Å². The molecule has 0 spiro atoms. The van der Waals surface area contributed by atoms with Crippen LogP contribution in [0.25, 0.3) is 0 Å². The van der Waals surface area contributed by atoms with Crippen LogP contribution < -0.4 is 0 Å². The van der Waals surface area contributed by atoms with Gasteiger partial charge in [-0.3, -0.25) is 9.59 Å². The second kappa shape index (κ2) is 15.2. The third kappa shape index (κ3) is 8.74. The minimum absolute atomic E-state index is 0.204. The van der Waals surface area contributed by atoms with Crippen LogP contribution in [0.1, 0.15) is 153 Å². The third-order valence-corrected chi connectivity index (χ3v) is 13.9. The van der Waals surface area contributed by atoms with Gasteiger partial charge in [-0.25, -0.2) is 0 Å². The molecular weight excluding hydrogens is 580 g/mol. The van der Waals surface area contributed by atoms with Gasteiger partial charge in [0.05, 0.1) is 0 Å². The molecule has 4 heteroatoms. The van der Waals surface area contributed by atoms with Gasteiger partial charge < -0.3 is 9.47 Å². The second-order valence-electron chi connectivity index (χ2n) is 18.0. The molecule has 4 aliphatic rings. The lowest BCUT2D eigenvalue weighted by atomic mass is 9.48. The Labute approximate surface area is 288 Å². The fraction of sp³-hybridized carbons (Fsp3) is 0.767. The Morgan fingerprint density at radius 1 is 0.681 bits per heavy atom. The summed E-state index contributed by atoms with van der Waals surface area (Å²) in [5.74, 6) is 1.64. The van der Waals surface area contributed by atoms with E-state index in [0.717, 1.165) is 37.5 Å². The van der Waals surface area contributed by atoms with Crippen LogP contribution in [0.5, 0.6) is 0 Å². The van der Waals surface area contributed by atoms with Crippen molar-refractivity contribution in [2.45, 2.75) is 153 Å². The standard InChI is InChI=1S/C43H68O4/c1-30(13-17-34-32(3)15-19-36-40(5,6)23-11-25-42(34,36)9)21-27-46-38(44)29-39(45)47-28-22-31(2)14-18-35-33(4)16-20-37-41(7,8)24-12-26-43(35,37)10/h15-16,21-22,34-37H,11-14,17-20,23-29H2,1-10H3/b30-21+,31-22+/t34-,35-,36-,37-,42+,43+/m0/s1. The van der Waals surface area contributed by atoms with Crippen molar-refractivity contribution >= 4 is 11.9 Å². The van der Waals surface area contributed by atoms with Crippen LogP contribution in [0.3, 0.4) is 0 Å². The summed E-state index contributed by atoms with van der Waals surface area (Å²) in [4.78, 5) is 24.7. The zero-order valence-corrected chi connectivity index (χ0v) is 31.9. The number of carbonyl (C=O) groups excluding carboxylic acids is 2. The van der Waals surface area contributed by atoms with Crippen LogP contribution >= 0.6 is 0 Å². The van der Waals surface area contributed by atoms with E-state index in [0.29, 0.717) is 33.5 Å². The molecule has 0 unspecified atom stereocenters. The van der Waals surface area contributed by atoms with Crippen molar-refractivity contribution in [2.75, 3.05) is 13.2 Å². The van der Waals surface area contributed by atoms with E-state index in [1.165, 1.54) is 62.5 Å². The molecule has 264 valence electrons. The van der Waals surface area contributed by atoms with E-state index in [1.807, 2.05) is 12.2 Å². The summed E-state index contributed by atoms with van der Waals surface area (Å²) in [6.45, 7) is 24.3. The molecule has 0 amide bonds. The number of esters is 2. The smallest absolute Gasteiger partial charge is 0.317 e. The van der Waals surface area contributed by atoms with Crippen molar-refractivity contribution in [1.29, 1.82) is 0 Å². The highest BCUT2D eigenvalue weighted by atomic mass is 16.6. The Morgan fingerprint density at radius 2 is 1.06 bits per heavy atom. The van der Waals surface area contributed by atoms with Gasteiger partial charge in [-0.2, -0.15) is 0 Å². The highest BCUT2D eigenvalue weighted by Gasteiger charge is 2.52. The lowest BCUT2D eigenvalue weighted by molar-refractivity contribution is -0.153. The maximum Gasteiger partial charge on any atom is 0.317 e. The molecule has 0 heterocycles. The van der Waals surface area contributed by atoms with Gasteiger partial charge in [-0.15, -0.1) is 0 Å². The Hall–Kier alpha value is -2.10. The van der Waals surface area contributed by atoms with Gasteiger partial charge in [0.2, 0.25) is 0 Å². The molecule has 0 saturated heterocycles. The average Bonchev–Trinajstić information content (AvgIpc) is 2.95. The number of fused-ring (bicyclic) bond motifs is 2. The van der Waals surface area contributed by atoms with Crippen molar-refractivity contribution in [3.05, 3.63) is 46.6 Å². The van der Waals surface area contributed by atoms with Crippen molar-refractivity contribution in [2.24, 2.45) is 45.3 Å². The molecule has 6 atom stereocenters. The molecule has 4 nitrogen and oxygen atoms in total. The van der Waals surface area contributed by atoms with E-state index in [4.69, 9.17) is 9.47 Å². The predicted molar refractivity (Wildman–Crippen MR) is 195 cm³/mol. The highest BCUT2D eigenvalue weighted by molar-refractivity contribution is 5.91. The van der Waals surface area contributed by atoms with E-state index >= 15 is 0 Å². The molecule has 0 aromatic carbocycles. The Bertz CT molecular complexity index is 1160. The molecule has 4 aliphatic carbocycles. The SMILES string of the molecule is CC1=CC[C@H]2C(C)(C)CCC[C@]2(C)[C@H]1CC/C(C)=C/COC(=O)CC(=O)OC/C=C(\C)CC[C@H]1C(C)=CC[C@H]2C(C)(C)CCC[C@]12C. The lowest BCUT2D eigenvalue weighted by Gasteiger charge is -2.57. The first-order chi connectivity index (χ1) is 22.0. The molecule has 4 rings (SSSR count). The topological polar surface area (TPSA) is 52.6 Å². The third-order valence-electron chi connectivity index (χ3n) is 13.9. The lowest BCUT2D eigenvalue weighted by Crippen LogP contribution is -2.48. The number of rotatable bonds is 12. The molecule has 0 radical (unpaired) electrons. The summed E-state index contributed by atoms with van der Waals surface area (Å²) >= 11 is 0. The van der Waals surface area contributed by atoms with Crippen LogP contribution in [-0.4, -0.2) is 25.2 Å². The van der Waals surface area contributed by atoms with E-state index in [1.54, 1.807) is 11.1 Å². The molecule has 0 N–H and O–H groups in total. The Morgan fingerprint density at radius 3 is 1.45 bits per heavy atom. The molecular formula is C43H68O4. The minimum Gasteiger partial charge on any atom is -0.461 e. The first-order valence-corrected chi connectivity index (χ1v) is 19.0. The van der Waals surface area contributed by atoms with Gasteiger partial charge in [0, 0.05) is 0 Å². The van der Waals surface area contributed by atoms with Crippen molar-refractivity contribution in [3.63, 3.8) is 0 Å². The summed E-state index contributed by atoms with van der Waals surface area (Å²) < 4.78 is 10.8. The van der Waals surface area contributed by atoms with E-state index in [2.05, 4.69) is 81.4 Å². The van der Waals surface area contributed by atoms with Crippen LogP contribution in [0.4, 0.5) is 0 Å². The largest absolute Gasteiger partial charge is 0.461 e. The highest BCUT2D eigenvalue weighted by Crippen LogP contribution is 2.62. The van der Waals surface area contributed by atoms with E-state index in [9.17, 15) is 9.59 Å². The molecule has 0 aliphatic heterocycles. The van der Waals surface area contributed by atoms with Crippen LogP contribution in [0, 0.1) is 45.3 Å². The Kier molecular flexibility index (Phi) is 12.2. The van der Waals surface area contributed by atoms with Gasteiger partial charge in [-0.05, 0) is 149 Å². The minimum atomic E-state index is -0.525.